The Labute approximate surface area is 112 Å². The van der Waals surface area contributed by atoms with Crippen molar-refractivity contribution in [1.82, 2.24) is 0 Å². The van der Waals surface area contributed by atoms with Crippen LogP contribution in [0.1, 0.15) is 13.3 Å². The van der Waals surface area contributed by atoms with Crippen LogP contribution in [0.4, 0.5) is 17.1 Å². The Morgan fingerprint density at radius 3 is 2.89 bits per heavy atom. The molecule has 0 saturated carbocycles. The Morgan fingerprint density at radius 1 is 1.53 bits per heavy atom. The Hall–Kier alpha value is -1.82. The zero-order chi connectivity index (χ0) is 14.0. The average Bonchev–Trinajstić information content (AvgIpc) is 2.38. The number of benzene rings is 1. The van der Waals surface area contributed by atoms with Crippen molar-refractivity contribution in [2.75, 3.05) is 30.8 Å². The van der Waals surface area contributed by atoms with Gasteiger partial charge in [-0.05, 0) is 24.5 Å². The Morgan fingerprint density at radius 2 is 2.26 bits per heavy atom. The zero-order valence-electron chi connectivity index (χ0n) is 11.2. The number of hydrogen-bond donors (Lipinski definition) is 1. The molecule has 1 saturated heterocycles. The maximum absolute atomic E-state index is 11.2. The SMILES string of the molecule is COC1CN(c2cccc(N)c2[N+](=O)[O-])CCC1C. The van der Waals surface area contributed by atoms with E-state index in [4.69, 9.17) is 10.5 Å². The van der Waals surface area contributed by atoms with Crippen molar-refractivity contribution in [1.29, 1.82) is 0 Å². The van der Waals surface area contributed by atoms with Crippen LogP contribution in [0.25, 0.3) is 0 Å². The number of nitro benzene ring substituents is 1. The van der Waals surface area contributed by atoms with E-state index < -0.39 is 4.92 Å². The van der Waals surface area contributed by atoms with Gasteiger partial charge in [-0.2, -0.15) is 0 Å². The first-order valence-electron chi connectivity index (χ1n) is 6.35. The predicted molar refractivity (Wildman–Crippen MR) is 74.3 cm³/mol. The maximum atomic E-state index is 11.2. The van der Waals surface area contributed by atoms with Gasteiger partial charge in [-0.1, -0.05) is 13.0 Å². The molecule has 1 aliphatic rings. The van der Waals surface area contributed by atoms with Crippen LogP contribution in [-0.2, 0) is 4.74 Å². The highest BCUT2D eigenvalue weighted by atomic mass is 16.6. The van der Waals surface area contributed by atoms with E-state index >= 15 is 0 Å². The van der Waals surface area contributed by atoms with Crippen LogP contribution in [0.3, 0.4) is 0 Å². The summed E-state index contributed by atoms with van der Waals surface area (Å²) in [5, 5.41) is 11.2. The summed E-state index contributed by atoms with van der Waals surface area (Å²) >= 11 is 0. The van der Waals surface area contributed by atoms with Crippen molar-refractivity contribution in [3.8, 4) is 0 Å². The molecule has 1 heterocycles. The number of methoxy groups -OCH3 is 1. The summed E-state index contributed by atoms with van der Waals surface area (Å²) in [6.07, 6.45) is 1.04. The lowest BCUT2D eigenvalue weighted by Crippen LogP contribution is -2.44. The summed E-state index contributed by atoms with van der Waals surface area (Å²) in [4.78, 5) is 12.7. The van der Waals surface area contributed by atoms with Crippen LogP contribution in [0.5, 0.6) is 0 Å². The summed E-state index contributed by atoms with van der Waals surface area (Å²) in [5.74, 6) is 0.460. The van der Waals surface area contributed by atoms with E-state index in [0.717, 1.165) is 13.0 Å². The standard InChI is InChI=1S/C13H19N3O3/c1-9-6-7-15(8-12(9)19-2)11-5-3-4-10(14)13(11)16(17)18/h3-5,9,12H,6-8,14H2,1-2H3. The lowest BCUT2D eigenvalue weighted by molar-refractivity contribution is -0.383. The van der Waals surface area contributed by atoms with E-state index in [1.807, 2.05) is 4.90 Å². The number of para-hydroxylation sites is 1. The van der Waals surface area contributed by atoms with Gasteiger partial charge in [0.1, 0.15) is 11.4 Å². The van der Waals surface area contributed by atoms with Gasteiger partial charge in [0.05, 0.1) is 11.0 Å². The zero-order valence-corrected chi connectivity index (χ0v) is 11.2. The number of rotatable bonds is 3. The van der Waals surface area contributed by atoms with Gasteiger partial charge in [0.2, 0.25) is 0 Å². The summed E-state index contributed by atoms with van der Waals surface area (Å²) in [6.45, 7) is 3.58. The van der Waals surface area contributed by atoms with Crippen LogP contribution in [-0.4, -0.2) is 31.2 Å². The second-order valence-corrected chi connectivity index (χ2v) is 4.96. The molecular weight excluding hydrogens is 246 g/mol. The van der Waals surface area contributed by atoms with E-state index in [0.29, 0.717) is 18.2 Å². The Kier molecular flexibility index (Phi) is 3.90. The number of piperidine rings is 1. The number of anilines is 2. The molecule has 2 atom stereocenters. The molecule has 1 aromatic carbocycles. The van der Waals surface area contributed by atoms with Gasteiger partial charge in [0.25, 0.3) is 0 Å². The number of ether oxygens (including phenoxy) is 1. The summed E-state index contributed by atoms with van der Waals surface area (Å²) in [7, 11) is 1.68. The second kappa shape index (κ2) is 5.44. The minimum atomic E-state index is -0.412. The molecule has 0 radical (unpaired) electrons. The average molecular weight is 265 g/mol. The molecular formula is C13H19N3O3. The lowest BCUT2D eigenvalue weighted by atomic mass is 9.95. The van der Waals surface area contributed by atoms with E-state index in [2.05, 4.69) is 6.92 Å². The molecule has 19 heavy (non-hydrogen) atoms. The molecule has 0 aromatic heterocycles. The second-order valence-electron chi connectivity index (χ2n) is 4.96. The third kappa shape index (κ3) is 2.63. The molecule has 1 fully saturated rings. The monoisotopic (exact) mass is 265 g/mol. The molecule has 2 N–H and O–H groups in total. The van der Waals surface area contributed by atoms with Gasteiger partial charge < -0.3 is 15.4 Å². The number of hydrogen-bond acceptors (Lipinski definition) is 5. The molecule has 0 aliphatic carbocycles. The van der Waals surface area contributed by atoms with E-state index in [1.54, 1.807) is 25.3 Å². The first kappa shape index (κ1) is 13.6. The highest BCUT2D eigenvalue weighted by molar-refractivity contribution is 5.75. The first-order chi connectivity index (χ1) is 9.04. The minimum Gasteiger partial charge on any atom is -0.393 e. The molecule has 0 amide bonds. The number of nitrogens with two attached hydrogens (primary N) is 1. The van der Waals surface area contributed by atoms with E-state index in [-0.39, 0.29) is 17.5 Å². The molecule has 1 aliphatic heterocycles. The van der Waals surface area contributed by atoms with Gasteiger partial charge >= 0.3 is 5.69 Å². The normalized spacial score (nSPS) is 23.4. The van der Waals surface area contributed by atoms with Gasteiger partial charge in [0.15, 0.2) is 0 Å². The van der Waals surface area contributed by atoms with E-state index in [9.17, 15) is 10.1 Å². The Balaban J connectivity index is 2.32. The summed E-state index contributed by atoms with van der Waals surface area (Å²) in [6, 6.07) is 5.05. The van der Waals surface area contributed by atoms with Crippen LogP contribution in [0.15, 0.2) is 18.2 Å². The first-order valence-corrected chi connectivity index (χ1v) is 6.35. The van der Waals surface area contributed by atoms with Gasteiger partial charge in [-0.25, -0.2) is 0 Å². The third-order valence-electron chi connectivity index (χ3n) is 3.76. The van der Waals surface area contributed by atoms with Crippen LogP contribution >= 0.6 is 0 Å². The van der Waals surface area contributed by atoms with Crippen molar-refractivity contribution in [3.05, 3.63) is 28.3 Å². The fourth-order valence-electron chi connectivity index (χ4n) is 2.56. The van der Waals surface area contributed by atoms with Crippen molar-refractivity contribution in [2.24, 2.45) is 5.92 Å². The van der Waals surface area contributed by atoms with Crippen LogP contribution in [0.2, 0.25) is 0 Å². The van der Waals surface area contributed by atoms with Crippen molar-refractivity contribution >= 4 is 17.1 Å². The molecule has 6 nitrogen and oxygen atoms in total. The van der Waals surface area contributed by atoms with Crippen molar-refractivity contribution in [3.63, 3.8) is 0 Å². The van der Waals surface area contributed by atoms with Crippen molar-refractivity contribution < 1.29 is 9.66 Å². The summed E-state index contributed by atoms with van der Waals surface area (Å²) in [5.41, 5.74) is 6.50. The molecule has 2 unspecified atom stereocenters. The summed E-state index contributed by atoms with van der Waals surface area (Å²) < 4.78 is 5.44. The minimum absolute atomic E-state index is 0.00749. The fraction of sp³-hybridized carbons (Fsp3) is 0.538. The largest absolute Gasteiger partial charge is 0.393 e. The third-order valence-corrected chi connectivity index (χ3v) is 3.76. The molecule has 104 valence electrons. The predicted octanol–water partition coefficient (Wildman–Crippen LogP) is 2.04. The fourth-order valence-corrected chi connectivity index (χ4v) is 2.56. The van der Waals surface area contributed by atoms with E-state index in [1.165, 1.54) is 0 Å². The van der Waals surface area contributed by atoms with Gasteiger partial charge in [0, 0.05) is 20.2 Å². The highest BCUT2D eigenvalue weighted by Crippen LogP contribution is 2.35. The van der Waals surface area contributed by atoms with Crippen LogP contribution in [0, 0.1) is 16.0 Å². The molecule has 6 heteroatoms. The molecule has 0 bridgehead atoms. The molecule has 0 spiro atoms. The lowest BCUT2D eigenvalue weighted by Gasteiger charge is -2.37. The number of nitrogens with zero attached hydrogens (tertiary/aromatic N) is 2. The quantitative estimate of drug-likeness (QED) is 0.514. The smallest absolute Gasteiger partial charge is 0.315 e. The molecule has 1 aromatic rings. The highest BCUT2D eigenvalue weighted by Gasteiger charge is 2.30. The maximum Gasteiger partial charge on any atom is 0.315 e. The molecule has 2 rings (SSSR count). The van der Waals surface area contributed by atoms with Crippen LogP contribution < -0.4 is 10.6 Å². The number of nitro groups is 1. The van der Waals surface area contributed by atoms with Gasteiger partial charge in [-0.15, -0.1) is 0 Å². The van der Waals surface area contributed by atoms with Crippen molar-refractivity contribution in [2.45, 2.75) is 19.4 Å². The van der Waals surface area contributed by atoms with Gasteiger partial charge in [-0.3, -0.25) is 10.1 Å². The number of nitrogen functional groups attached to an aromatic ring is 1. The Bertz CT molecular complexity index is 478. The topological polar surface area (TPSA) is 81.6 Å².